The van der Waals surface area contributed by atoms with Crippen molar-refractivity contribution in [1.29, 1.82) is 0 Å². The van der Waals surface area contributed by atoms with E-state index in [0.29, 0.717) is 19.8 Å². The molecule has 0 aromatic carbocycles. The molecule has 0 radical (unpaired) electrons. The Labute approximate surface area is 203 Å². The fourth-order valence-corrected chi connectivity index (χ4v) is 4.15. The second-order valence-electron chi connectivity index (χ2n) is 9.01. The summed E-state index contributed by atoms with van der Waals surface area (Å²) in [6.45, 7) is 8.24. The molecule has 0 saturated carbocycles. The third-order valence-corrected chi connectivity index (χ3v) is 7.09. The van der Waals surface area contributed by atoms with Crippen LogP contribution in [0.1, 0.15) is 31.7 Å². The number of aromatic nitrogens is 3. The van der Waals surface area contributed by atoms with Crippen LogP contribution in [0.25, 0.3) is 11.1 Å². The zero-order valence-electron chi connectivity index (χ0n) is 20.3. The first-order valence-electron chi connectivity index (χ1n) is 11.5. The highest BCUT2D eigenvalue weighted by Crippen LogP contribution is 2.25. The number of hydrogen-bond donors (Lipinski definition) is 3. The Morgan fingerprint density at radius 3 is 2.85 bits per heavy atom. The Morgan fingerprint density at radius 2 is 2.18 bits per heavy atom. The van der Waals surface area contributed by atoms with Crippen LogP contribution in [0.5, 0.6) is 0 Å². The van der Waals surface area contributed by atoms with Gasteiger partial charge in [-0.2, -0.15) is 5.10 Å². The van der Waals surface area contributed by atoms with Crippen LogP contribution in [0.15, 0.2) is 23.5 Å². The maximum atomic E-state index is 11.5. The van der Waals surface area contributed by atoms with Crippen molar-refractivity contribution in [2.75, 3.05) is 51.1 Å². The molecule has 4 heterocycles. The molecule has 4 N–H and O–H groups in total. The molecule has 11 nitrogen and oxygen atoms in total. The van der Waals surface area contributed by atoms with E-state index in [0.717, 1.165) is 54.4 Å². The molecule has 3 atom stereocenters. The summed E-state index contributed by atoms with van der Waals surface area (Å²) in [5.41, 5.74) is 9.55. The summed E-state index contributed by atoms with van der Waals surface area (Å²) in [4.78, 5) is 11.6. The van der Waals surface area contributed by atoms with Crippen molar-refractivity contribution in [3.8, 4) is 0 Å². The van der Waals surface area contributed by atoms with Gasteiger partial charge in [-0.1, -0.05) is 0 Å². The number of allylic oxidation sites excluding steroid dienone is 1. The van der Waals surface area contributed by atoms with Crippen molar-refractivity contribution in [2.24, 2.45) is 10.7 Å². The van der Waals surface area contributed by atoms with Crippen LogP contribution < -0.4 is 21.3 Å². The van der Waals surface area contributed by atoms with Crippen LogP contribution in [-0.4, -0.2) is 87.3 Å². The lowest BCUT2D eigenvalue weighted by molar-refractivity contribution is 0.122. The molecule has 1 saturated heterocycles. The molecular weight excluding hydrogens is 454 g/mol. The van der Waals surface area contributed by atoms with Crippen molar-refractivity contribution in [3.05, 3.63) is 29.9 Å². The fraction of sp³-hybridized carbons (Fsp3) is 0.591. The molecule has 1 fully saturated rings. The summed E-state index contributed by atoms with van der Waals surface area (Å²) in [5.74, 6) is 0.0677. The van der Waals surface area contributed by atoms with Gasteiger partial charge >= 0.3 is 0 Å². The van der Waals surface area contributed by atoms with Crippen LogP contribution in [0.4, 0.5) is 5.82 Å². The molecule has 2 aliphatic rings. The molecular formula is C22H35N9O2S. The number of ether oxygens (including phenoxy) is 1. The lowest BCUT2D eigenvalue weighted by Gasteiger charge is -2.29. The average molecular weight is 490 g/mol. The van der Waals surface area contributed by atoms with Gasteiger partial charge in [-0.25, -0.2) is 18.0 Å². The highest BCUT2D eigenvalue weighted by atomic mass is 32.2. The Balaban J connectivity index is 1.55. The first kappa shape index (κ1) is 24.7. The standard InChI is InChI=1S/C22H35N9O2S/c1-16(5-6-29(3)34(4)32)24-14-18-11-20-21(30-7-9-33-10-8-30)27-19(15-31(20)28-18)17-12-25-22(2,23)26-13-17/h11-13,15-16,24-25H,5-10,14,23H2,1-4H3. The molecule has 0 spiro atoms. The fourth-order valence-electron chi connectivity index (χ4n) is 3.79. The first-order chi connectivity index (χ1) is 16.2. The van der Waals surface area contributed by atoms with E-state index < -0.39 is 16.8 Å². The van der Waals surface area contributed by atoms with Crippen LogP contribution in [0, 0.1) is 0 Å². The Kier molecular flexibility index (Phi) is 7.63. The highest BCUT2D eigenvalue weighted by Gasteiger charge is 2.22. The lowest BCUT2D eigenvalue weighted by Crippen LogP contribution is -2.48. The van der Waals surface area contributed by atoms with Crippen molar-refractivity contribution in [2.45, 2.75) is 38.6 Å². The molecule has 0 bridgehead atoms. The van der Waals surface area contributed by atoms with Crippen LogP contribution in [0.2, 0.25) is 0 Å². The molecule has 0 amide bonds. The third kappa shape index (κ3) is 5.99. The molecule has 2 aromatic heterocycles. The lowest BCUT2D eigenvalue weighted by atomic mass is 10.2. The summed E-state index contributed by atoms with van der Waals surface area (Å²) >= 11 is 0. The number of rotatable bonds is 9. The maximum Gasteiger partial charge on any atom is 0.178 e. The number of aliphatic imine (C=N–C) groups is 1. The van der Waals surface area contributed by atoms with E-state index >= 15 is 0 Å². The maximum absolute atomic E-state index is 11.5. The minimum atomic E-state index is -0.947. The van der Waals surface area contributed by atoms with E-state index in [2.05, 4.69) is 33.5 Å². The summed E-state index contributed by atoms with van der Waals surface area (Å²) in [5, 5.41) is 11.5. The smallest absolute Gasteiger partial charge is 0.178 e. The number of morpholine rings is 1. The van der Waals surface area contributed by atoms with Crippen molar-refractivity contribution in [3.63, 3.8) is 0 Å². The van der Waals surface area contributed by atoms with Gasteiger partial charge in [-0.05, 0) is 33.4 Å². The Bertz CT molecular complexity index is 1090. The zero-order valence-corrected chi connectivity index (χ0v) is 21.1. The Hall–Kier alpha value is -2.38. The van der Waals surface area contributed by atoms with Gasteiger partial charge in [0.15, 0.2) is 11.6 Å². The van der Waals surface area contributed by atoms with Crippen molar-refractivity contribution in [1.82, 2.24) is 29.5 Å². The van der Waals surface area contributed by atoms with E-state index in [-0.39, 0.29) is 6.04 Å². The third-order valence-electron chi connectivity index (χ3n) is 6.03. The topological polar surface area (TPSA) is 125 Å². The SMILES string of the molecule is CC(CCN(C)S(C)=O)NCc1cc2c(N3CCOCC3)nc(C3=CNC(C)(N)N=C3)cn2n1. The molecule has 0 aliphatic carbocycles. The second kappa shape index (κ2) is 10.5. The van der Waals surface area contributed by atoms with Crippen LogP contribution >= 0.6 is 0 Å². The molecule has 34 heavy (non-hydrogen) atoms. The second-order valence-corrected chi connectivity index (χ2v) is 10.5. The van der Waals surface area contributed by atoms with Gasteiger partial charge in [0.2, 0.25) is 0 Å². The van der Waals surface area contributed by atoms with Gasteiger partial charge < -0.3 is 20.3 Å². The van der Waals surface area contributed by atoms with E-state index in [1.807, 2.05) is 28.3 Å². The molecule has 186 valence electrons. The Morgan fingerprint density at radius 1 is 1.41 bits per heavy atom. The number of hydrogen-bond acceptors (Lipinski definition) is 9. The summed E-state index contributed by atoms with van der Waals surface area (Å²) in [7, 11) is 0.926. The highest BCUT2D eigenvalue weighted by molar-refractivity contribution is 7.81. The van der Waals surface area contributed by atoms with Crippen LogP contribution in [-0.2, 0) is 22.3 Å². The predicted octanol–water partition coefficient (Wildman–Crippen LogP) is 0.307. The quantitative estimate of drug-likeness (QED) is 0.460. The first-order valence-corrected chi connectivity index (χ1v) is 13.1. The molecule has 3 unspecified atom stereocenters. The number of nitrogens with one attached hydrogen (secondary N) is 2. The average Bonchev–Trinajstić information content (AvgIpc) is 3.24. The minimum absolute atomic E-state index is 0.267. The zero-order chi connectivity index (χ0) is 24.3. The summed E-state index contributed by atoms with van der Waals surface area (Å²) in [6.07, 6.45) is 8.12. The van der Waals surface area contributed by atoms with Crippen LogP contribution in [0.3, 0.4) is 0 Å². The van der Waals surface area contributed by atoms with Gasteiger partial charge in [0.1, 0.15) is 5.52 Å². The monoisotopic (exact) mass is 489 g/mol. The summed E-state index contributed by atoms with van der Waals surface area (Å²) in [6, 6.07) is 2.36. The van der Waals surface area contributed by atoms with Gasteiger partial charge in [0.05, 0.1) is 41.8 Å². The van der Waals surface area contributed by atoms with Gasteiger partial charge in [-0.3, -0.25) is 10.7 Å². The largest absolute Gasteiger partial charge is 0.378 e. The van der Waals surface area contributed by atoms with Gasteiger partial charge in [0, 0.05) is 56.5 Å². The normalized spacial score (nSPS) is 22.6. The van der Waals surface area contributed by atoms with Crippen molar-refractivity contribution < 1.29 is 8.95 Å². The number of anilines is 1. The van der Waals surface area contributed by atoms with E-state index in [1.165, 1.54) is 0 Å². The van der Waals surface area contributed by atoms with E-state index in [1.54, 1.807) is 19.4 Å². The molecule has 2 aromatic rings. The van der Waals surface area contributed by atoms with Gasteiger partial charge in [-0.15, -0.1) is 0 Å². The van der Waals surface area contributed by atoms with E-state index in [4.69, 9.17) is 20.6 Å². The number of nitrogens with two attached hydrogens (primary N) is 1. The summed E-state index contributed by atoms with van der Waals surface area (Å²) < 4.78 is 20.8. The molecule has 12 heteroatoms. The van der Waals surface area contributed by atoms with Gasteiger partial charge in [0.25, 0.3) is 0 Å². The predicted molar refractivity (Wildman–Crippen MR) is 136 cm³/mol. The minimum Gasteiger partial charge on any atom is -0.378 e. The number of nitrogens with zero attached hydrogens (tertiary/aromatic N) is 6. The van der Waals surface area contributed by atoms with Crippen molar-refractivity contribution >= 4 is 34.1 Å². The molecule has 4 rings (SSSR count). The number of fused-ring (bicyclic) bond motifs is 1. The van der Waals surface area contributed by atoms with E-state index in [9.17, 15) is 4.21 Å². The molecule has 2 aliphatic heterocycles.